The molecule has 1 aromatic carbocycles. The van der Waals surface area contributed by atoms with Gasteiger partial charge in [0.15, 0.2) is 0 Å². The Balaban J connectivity index is 2.39. The second-order valence-electron chi connectivity index (χ2n) is 4.14. The highest BCUT2D eigenvalue weighted by Gasteiger charge is 2.31. The zero-order chi connectivity index (χ0) is 12.4. The van der Waals surface area contributed by atoms with Gasteiger partial charge in [0.05, 0.1) is 5.03 Å². The molecule has 1 aliphatic carbocycles. The molecule has 0 heterocycles. The van der Waals surface area contributed by atoms with Crippen molar-refractivity contribution in [3.8, 4) is 0 Å². The largest absolute Gasteiger partial charge is 0.383 e. The van der Waals surface area contributed by atoms with Crippen molar-refractivity contribution in [2.24, 2.45) is 0 Å². The number of benzene rings is 1. The molecule has 1 N–H and O–H groups in total. The maximum atomic E-state index is 10.9. The van der Waals surface area contributed by atoms with Crippen LogP contribution in [0.5, 0.6) is 0 Å². The molecule has 0 amide bonds. The normalized spacial score (nSPS) is 24.9. The number of aldehydes is 1. The van der Waals surface area contributed by atoms with Crippen LogP contribution in [0.1, 0.15) is 17.9 Å². The fraction of sp³-hybridized carbons (Fsp3) is 0.214. The van der Waals surface area contributed by atoms with Gasteiger partial charge in [-0.1, -0.05) is 48.5 Å². The summed E-state index contributed by atoms with van der Waals surface area (Å²) in [6.45, 7) is 3.89. The van der Waals surface area contributed by atoms with Gasteiger partial charge in [0.2, 0.25) is 0 Å². The lowest BCUT2D eigenvalue weighted by atomic mass is 9.79. The van der Waals surface area contributed by atoms with Crippen LogP contribution in [0.15, 0.2) is 53.1 Å². The summed E-state index contributed by atoms with van der Waals surface area (Å²) < 4.78 is 0. The van der Waals surface area contributed by atoms with E-state index < -0.39 is 6.10 Å². The summed E-state index contributed by atoms with van der Waals surface area (Å²) in [4.78, 5) is 10.9. The molecular weight excluding hydrogens is 236 g/mol. The SMILES string of the molecule is C=C1C(O)C(Cl)=C(C=O)CC1c1ccccc1. The number of hydrogen-bond donors (Lipinski definition) is 1. The molecule has 0 fully saturated rings. The summed E-state index contributed by atoms with van der Waals surface area (Å²) in [5.74, 6) is -0.0473. The van der Waals surface area contributed by atoms with Gasteiger partial charge in [-0.2, -0.15) is 0 Å². The third-order valence-corrected chi connectivity index (χ3v) is 3.56. The number of carbonyl (C=O) groups excluding carboxylic acids is 1. The molecule has 0 saturated heterocycles. The summed E-state index contributed by atoms with van der Waals surface area (Å²) >= 11 is 5.92. The first kappa shape index (κ1) is 12.1. The number of carbonyl (C=O) groups is 1. The Morgan fingerprint density at radius 3 is 2.59 bits per heavy atom. The van der Waals surface area contributed by atoms with E-state index in [4.69, 9.17) is 11.6 Å². The maximum absolute atomic E-state index is 10.9. The number of aliphatic hydroxyl groups excluding tert-OH is 1. The van der Waals surface area contributed by atoms with Gasteiger partial charge in [-0.05, 0) is 17.6 Å². The van der Waals surface area contributed by atoms with E-state index in [0.717, 1.165) is 5.56 Å². The summed E-state index contributed by atoms with van der Waals surface area (Å²) in [7, 11) is 0. The predicted octanol–water partition coefficient (Wildman–Crippen LogP) is 2.78. The fourth-order valence-electron chi connectivity index (χ4n) is 2.10. The molecule has 0 spiro atoms. The lowest BCUT2D eigenvalue weighted by Crippen LogP contribution is -2.23. The summed E-state index contributed by atoms with van der Waals surface area (Å²) in [6.07, 6.45) is 0.284. The number of rotatable bonds is 2. The first-order valence-corrected chi connectivity index (χ1v) is 5.78. The molecule has 2 nitrogen and oxygen atoms in total. The van der Waals surface area contributed by atoms with Crippen molar-refractivity contribution < 1.29 is 9.90 Å². The Hall–Kier alpha value is -1.38. The summed E-state index contributed by atoms with van der Waals surface area (Å²) in [6, 6.07) is 9.70. The minimum Gasteiger partial charge on any atom is -0.383 e. The molecule has 0 saturated carbocycles. The predicted molar refractivity (Wildman–Crippen MR) is 67.9 cm³/mol. The van der Waals surface area contributed by atoms with Crippen molar-refractivity contribution in [2.75, 3.05) is 0 Å². The molecular formula is C14H13ClO2. The van der Waals surface area contributed by atoms with E-state index in [-0.39, 0.29) is 11.0 Å². The molecule has 0 bridgehead atoms. The van der Waals surface area contributed by atoms with Gasteiger partial charge in [0.1, 0.15) is 12.4 Å². The Kier molecular flexibility index (Phi) is 3.46. The van der Waals surface area contributed by atoms with Crippen LogP contribution in [0.3, 0.4) is 0 Å². The van der Waals surface area contributed by atoms with Gasteiger partial charge in [-0.15, -0.1) is 0 Å². The van der Waals surface area contributed by atoms with Crippen molar-refractivity contribution in [1.29, 1.82) is 0 Å². The Morgan fingerprint density at radius 2 is 2.00 bits per heavy atom. The van der Waals surface area contributed by atoms with Crippen molar-refractivity contribution in [2.45, 2.75) is 18.4 Å². The van der Waals surface area contributed by atoms with Crippen LogP contribution >= 0.6 is 11.6 Å². The smallest absolute Gasteiger partial charge is 0.147 e. The van der Waals surface area contributed by atoms with Crippen molar-refractivity contribution >= 4 is 17.9 Å². The Labute approximate surface area is 105 Å². The first-order chi connectivity index (χ1) is 8.15. The molecule has 3 heteroatoms. The van der Waals surface area contributed by atoms with Crippen molar-refractivity contribution in [3.05, 3.63) is 58.7 Å². The van der Waals surface area contributed by atoms with Crippen molar-refractivity contribution in [1.82, 2.24) is 0 Å². The molecule has 17 heavy (non-hydrogen) atoms. The van der Waals surface area contributed by atoms with Gasteiger partial charge in [0.25, 0.3) is 0 Å². The van der Waals surface area contributed by atoms with Crippen molar-refractivity contribution in [3.63, 3.8) is 0 Å². The lowest BCUT2D eigenvalue weighted by Gasteiger charge is -2.29. The van der Waals surface area contributed by atoms with E-state index in [9.17, 15) is 9.90 Å². The quantitative estimate of drug-likeness (QED) is 0.646. The van der Waals surface area contributed by atoms with E-state index >= 15 is 0 Å². The molecule has 2 rings (SSSR count). The molecule has 0 aromatic heterocycles. The van der Waals surface area contributed by atoms with Crippen LogP contribution in [-0.4, -0.2) is 17.5 Å². The van der Waals surface area contributed by atoms with Gasteiger partial charge in [0, 0.05) is 11.5 Å². The lowest BCUT2D eigenvalue weighted by molar-refractivity contribution is -0.105. The van der Waals surface area contributed by atoms with Crippen LogP contribution in [0.4, 0.5) is 0 Å². The molecule has 88 valence electrons. The number of allylic oxidation sites excluding steroid dienone is 1. The van der Waals surface area contributed by atoms with Crippen LogP contribution in [-0.2, 0) is 4.79 Å². The van der Waals surface area contributed by atoms with E-state index in [1.807, 2.05) is 30.3 Å². The standard InChI is InChI=1S/C14H13ClO2/c1-9-12(10-5-3-2-4-6-10)7-11(8-16)13(15)14(9)17/h2-6,8,12,14,17H,1,7H2. The number of aliphatic hydroxyl groups is 1. The number of hydrogen-bond acceptors (Lipinski definition) is 2. The van der Waals surface area contributed by atoms with E-state index in [2.05, 4.69) is 6.58 Å². The van der Waals surface area contributed by atoms with E-state index in [1.165, 1.54) is 0 Å². The minimum absolute atomic E-state index is 0.0473. The third-order valence-electron chi connectivity index (χ3n) is 3.11. The highest BCUT2D eigenvalue weighted by molar-refractivity contribution is 6.32. The molecule has 2 atom stereocenters. The molecule has 1 aliphatic rings. The van der Waals surface area contributed by atoms with E-state index in [0.29, 0.717) is 23.9 Å². The van der Waals surface area contributed by atoms with E-state index in [1.54, 1.807) is 0 Å². The molecule has 2 unspecified atom stereocenters. The average molecular weight is 249 g/mol. The highest BCUT2D eigenvalue weighted by atomic mass is 35.5. The van der Waals surface area contributed by atoms with Crippen LogP contribution in [0.2, 0.25) is 0 Å². The summed E-state index contributed by atoms with van der Waals surface area (Å²) in [5.41, 5.74) is 2.15. The Bertz CT molecular complexity index is 476. The highest BCUT2D eigenvalue weighted by Crippen LogP contribution is 2.40. The van der Waals surface area contributed by atoms with Gasteiger partial charge < -0.3 is 5.11 Å². The summed E-state index contributed by atoms with van der Waals surface area (Å²) in [5, 5.41) is 10.1. The second kappa shape index (κ2) is 4.86. The average Bonchev–Trinajstić information content (AvgIpc) is 2.37. The first-order valence-electron chi connectivity index (χ1n) is 5.40. The van der Waals surface area contributed by atoms with Crippen LogP contribution in [0.25, 0.3) is 0 Å². The fourth-order valence-corrected chi connectivity index (χ4v) is 2.36. The molecule has 1 aromatic rings. The van der Waals surface area contributed by atoms with Gasteiger partial charge in [-0.3, -0.25) is 4.79 Å². The van der Waals surface area contributed by atoms with Gasteiger partial charge in [-0.25, -0.2) is 0 Å². The third kappa shape index (κ3) is 2.19. The van der Waals surface area contributed by atoms with Gasteiger partial charge >= 0.3 is 0 Å². The maximum Gasteiger partial charge on any atom is 0.147 e. The topological polar surface area (TPSA) is 37.3 Å². The number of halogens is 1. The Morgan fingerprint density at radius 1 is 1.35 bits per heavy atom. The molecule has 0 radical (unpaired) electrons. The zero-order valence-electron chi connectivity index (χ0n) is 9.27. The minimum atomic E-state index is -0.934. The zero-order valence-corrected chi connectivity index (χ0v) is 10.0. The molecule has 0 aliphatic heterocycles. The second-order valence-corrected chi connectivity index (χ2v) is 4.54. The monoisotopic (exact) mass is 248 g/mol. The van der Waals surface area contributed by atoms with Crippen LogP contribution in [0, 0.1) is 0 Å². The van der Waals surface area contributed by atoms with Crippen LogP contribution < -0.4 is 0 Å².